The minimum atomic E-state index is 1.13. The topological polar surface area (TPSA) is 3.24 Å². The van der Waals surface area contributed by atoms with Gasteiger partial charge in [-0.1, -0.05) is 42.0 Å². The van der Waals surface area contributed by atoms with Crippen LogP contribution in [0.5, 0.6) is 0 Å². The summed E-state index contributed by atoms with van der Waals surface area (Å²) in [6.07, 6.45) is 5.66. The van der Waals surface area contributed by atoms with E-state index in [1.165, 1.54) is 24.1 Å². The fourth-order valence-corrected chi connectivity index (χ4v) is 1.86. The number of rotatable bonds is 3. The summed E-state index contributed by atoms with van der Waals surface area (Å²) in [5.41, 5.74) is 2.82. The molecule has 0 radical (unpaired) electrons. The van der Waals surface area contributed by atoms with Gasteiger partial charge in [-0.3, -0.25) is 4.90 Å². The molecule has 0 atom stereocenters. The van der Waals surface area contributed by atoms with Crippen LogP contribution in [-0.4, -0.2) is 24.5 Å². The van der Waals surface area contributed by atoms with E-state index in [1.54, 1.807) is 0 Å². The van der Waals surface area contributed by atoms with Crippen molar-refractivity contribution in [3.8, 4) is 0 Å². The summed E-state index contributed by atoms with van der Waals surface area (Å²) >= 11 is 0. The Kier molecular flexibility index (Phi) is 3.00. The molecule has 1 aromatic carbocycles. The Morgan fingerprint density at radius 1 is 1.21 bits per heavy atom. The second kappa shape index (κ2) is 4.43. The maximum atomic E-state index is 2.46. The van der Waals surface area contributed by atoms with Crippen LogP contribution in [0.3, 0.4) is 0 Å². The summed E-state index contributed by atoms with van der Waals surface area (Å²) in [4.78, 5) is 2.46. The van der Waals surface area contributed by atoms with E-state index in [9.17, 15) is 0 Å². The highest BCUT2D eigenvalue weighted by molar-refractivity contribution is 5.22. The Hall–Kier alpha value is -1.08. The minimum absolute atomic E-state index is 1.13. The lowest BCUT2D eigenvalue weighted by Gasteiger charge is -2.14. The highest BCUT2D eigenvalue weighted by Gasteiger charge is 2.05. The van der Waals surface area contributed by atoms with Crippen LogP contribution in [0, 0.1) is 6.92 Å². The zero-order valence-electron chi connectivity index (χ0n) is 8.74. The van der Waals surface area contributed by atoms with Crippen molar-refractivity contribution in [1.29, 1.82) is 0 Å². The van der Waals surface area contributed by atoms with Crippen molar-refractivity contribution < 1.29 is 0 Å². The van der Waals surface area contributed by atoms with Crippen molar-refractivity contribution in [1.82, 2.24) is 4.90 Å². The van der Waals surface area contributed by atoms with Crippen molar-refractivity contribution in [3.63, 3.8) is 0 Å². The van der Waals surface area contributed by atoms with Crippen LogP contribution in [0.25, 0.3) is 0 Å². The molecule has 0 aliphatic carbocycles. The molecule has 0 N–H and O–H groups in total. The van der Waals surface area contributed by atoms with Crippen molar-refractivity contribution in [3.05, 3.63) is 47.5 Å². The molecule has 2 rings (SSSR count). The Balaban J connectivity index is 1.85. The van der Waals surface area contributed by atoms with E-state index in [0.717, 1.165) is 13.1 Å². The Labute approximate surface area is 86.1 Å². The van der Waals surface area contributed by atoms with E-state index in [2.05, 4.69) is 48.2 Å². The van der Waals surface area contributed by atoms with Crippen molar-refractivity contribution in [2.75, 3.05) is 19.6 Å². The van der Waals surface area contributed by atoms with E-state index in [4.69, 9.17) is 0 Å². The molecule has 0 saturated heterocycles. The molecule has 1 heteroatoms. The van der Waals surface area contributed by atoms with Crippen LogP contribution in [-0.2, 0) is 6.42 Å². The van der Waals surface area contributed by atoms with Crippen LogP contribution in [0.4, 0.5) is 0 Å². The predicted molar refractivity (Wildman–Crippen MR) is 60.5 cm³/mol. The van der Waals surface area contributed by atoms with Gasteiger partial charge < -0.3 is 0 Å². The molecule has 0 amide bonds. The third-order valence-electron chi connectivity index (χ3n) is 2.69. The molecule has 0 spiro atoms. The van der Waals surface area contributed by atoms with Gasteiger partial charge in [0.25, 0.3) is 0 Å². The van der Waals surface area contributed by atoms with Crippen LogP contribution < -0.4 is 0 Å². The van der Waals surface area contributed by atoms with Crippen molar-refractivity contribution in [2.24, 2.45) is 0 Å². The molecular weight excluding hydrogens is 170 g/mol. The van der Waals surface area contributed by atoms with Crippen molar-refractivity contribution in [2.45, 2.75) is 13.3 Å². The smallest absolute Gasteiger partial charge is 0.0167 e. The third kappa shape index (κ3) is 2.46. The van der Waals surface area contributed by atoms with Gasteiger partial charge in [-0.2, -0.15) is 0 Å². The van der Waals surface area contributed by atoms with Crippen molar-refractivity contribution >= 4 is 0 Å². The fraction of sp³-hybridized carbons (Fsp3) is 0.385. The number of nitrogens with zero attached hydrogens (tertiary/aromatic N) is 1. The molecule has 1 aliphatic rings. The van der Waals surface area contributed by atoms with Gasteiger partial charge in [-0.15, -0.1) is 0 Å². The van der Waals surface area contributed by atoms with E-state index in [0.29, 0.717) is 0 Å². The maximum Gasteiger partial charge on any atom is 0.0167 e. The van der Waals surface area contributed by atoms with Gasteiger partial charge in [0.2, 0.25) is 0 Å². The van der Waals surface area contributed by atoms with Gasteiger partial charge in [-0.05, 0) is 18.9 Å². The van der Waals surface area contributed by atoms with Gasteiger partial charge >= 0.3 is 0 Å². The molecule has 0 bridgehead atoms. The summed E-state index contributed by atoms with van der Waals surface area (Å²) in [5.74, 6) is 0. The largest absolute Gasteiger partial charge is 0.296 e. The molecule has 1 heterocycles. The quantitative estimate of drug-likeness (QED) is 0.657. The summed E-state index contributed by atoms with van der Waals surface area (Å²) in [6, 6.07) is 8.80. The van der Waals surface area contributed by atoms with Gasteiger partial charge in [0.1, 0.15) is 0 Å². The van der Waals surface area contributed by atoms with Gasteiger partial charge in [0, 0.05) is 19.6 Å². The second-order valence-electron chi connectivity index (χ2n) is 3.97. The normalized spacial score (nSPS) is 16.4. The SMILES string of the molecule is Cc1cccc(CCN2CC=CC2)c1. The molecule has 1 aliphatic heterocycles. The number of benzene rings is 1. The minimum Gasteiger partial charge on any atom is -0.296 e. The molecule has 14 heavy (non-hydrogen) atoms. The first-order chi connectivity index (χ1) is 6.84. The van der Waals surface area contributed by atoms with Gasteiger partial charge in [0.15, 0.2) is 0 Å². The Bertz CT molecular complexity index is 320. The summed E-state index contributed by atoms with van der Waals surface area (Å²) in [6.45, 7) is 5.59. The zero-order chi connectivity index (χ0) is 9.80. The molecule has 0 saturated carbocycles. The van der Waals surface area contributed by atoms with Crippen LogP contribution in [0.15, 0.2) is 36.4 Å². The van der Waals surface area contributed by atoms with Crippen LogP contribution >= 0.6 is 0 Å². The zero-order valence-corrected chi connectivity index (χ0v) is 8.74. The average Bonchev–Trinajstić information content (AvgIpc) is 2.67. The van der Waals surface area contributed by atoms with E-state index >= 15 is 0 Å². The summed E-state index contributed by atoms with van der Waals surface area (Å²) in [7, 11) is 0. The first-order valence-electron chi connectivity index (χ1n) is 5.27. The third-order valence-corrected chi connectivity index (χ3v) is 2.69. The maximum absolute atomic E-state index is 2.46. The first kappa shape index (κ1) is 9.47. The molecule has 74 valence electrons. The fourth-order valence-electron chi connectivity index (χ4n) is 1.86. The van der Waals surface area contributed by atoms with E-state index < -0.39 is 0 Å². The average molecular weight is 187 g/mol. The molecule has 1 aromatic rings. The van der Waals surface area contributed by atoms with E-state index in [-0.39, 0.29) is 0 Å². The number of hydrogen-bond donors (Lipinski definition) is 0. The lowest BCUT2D eigenvalue weighted by molar-refractivity contribution is 0.357. The lowest BCUT2D eigenvalue weighted by atomic mass is 10.1. The lowest BCUT2D eigenvalue weighted by Crippen LogP contribution is -2.22. The molecule has 0 unspecified atom stereocenters. The monoisotopic (exact) mass is 187 g/mol. The highest BCUT2D eigenvalue weighted by atomic mass is 15.1. The number of aryl methyl sites for hydroxylation is 1. The Morgan fingerprint density at radius 3 is 2.71 bits per heavy atom. The van der Waals surface area contributed by atoms with Gasteiger partial charge in [0.05, 0.1) is 0 Å². The summed E-state index contributed by atoms with van der Waals surface area (Å²) in [5, 5.41) is 0. The Morgan fingerprint density at radius 2 is 2.00 bits per heavy atom. The predicted octanol–water partition coefficient (Wildman–Crippen LogP) is 2.41. The molecular formula is C13H17N. The second-order valence-corrected chi connectivity index (χ2v) is 3.97. The number of hydrogen-bond acceptors (Lipinski definition) is 1. The standard InChI is InChI=1S/C13H17N/c1-12-5-4-6-13(11-12)7-10-14-8-2-3-9-14/h2-6,11H,7-10H2,1H3. The van der Waals surface area contributed by atoms with Crippen LogP contribution in [0.2, 0.25) is 0 Å². The molecule has 1 nitrogen and oxygen atoms in total. The van der Waals surface area contributed by atoms with E-state index in [1.807, 2.05) is 0 Å². The summed E-state index contributed by atoms with van der Waals surface area (Å²) < 4.78 is 0. The van der Waals surface area contributed by atoms with Crippen LogP contribution in [0.1, 0.15) is 11.1 Å². The molecule has 0 aromatic heterocycles. The molecule has 0 fully saturated rings. The highest BCUT2D eigenvalue weighted by Crippen LogP contribution is 2.07. The first-order valence-corrected chi connectivity index (χ1v) is 5.27. The van der Waals surface area contributed by atoms with Gasteiger partial charge in [-0.25, -0.2) is 0 Å².